The number of β-amino-alcohol motifs (C(OH)–C–C–N with tert-alkyl or cyclic N) is 1. The highest BCUT2D eigenvalue weighted by atomic mass is 32.1. The summed E-state index contributed by atoms with van der Waals surface area (Å²) in [6.07, 6.45) is 0.962. The zero-order valence-electron chi connectivity index (χ0n) is 12.5. The average molecular weight is 311 g/mol. The Morgan fingerprint density at radius 3 is 2.67 bits per heavy atom. The van der Waals surface area contributed by atoms with E-state index in [1.54, 1.807) is 13.8 Å². The van der Waals surface area contributed by atoms with E-state index in [2.05, 4.69) is 5.32 Å². The topological polar surface area (TPSA) is 95.7 Å². The fourth-order valence-electron chi connectivity index (χ4n) is 2.48. The van der Waals surface area contributed by atoms with Crippen molar-refractivity contribution in [3.63, 3.8) is 0 Å². The van der Waals surface area contributed by atoms with Crippen LogP contribution in [0.3, 0.4) is 0 Å². The largest absolute Gasteiger partial charge is 0.397 e. The van der Waals surface area contributed by atoms with Crippen molar-refractivity contribution in [2.45, 2.75) is 32.3 Å². The molecule has 0 saturated carbocycles. The molecule has 0 radical (unpaired) electrons. The van der Waals surface area contributed by atoms with Gasteiger partial charge >= 0.3 is 0 Å². The van der Waals surface area contributed by atoms with Gasteiger partial charge in [0.2, 0.25) is 0 Å². The number of thiophene rings is 1. The fraction of sp³-hybridized carbons (Fsp3) is 0.571. The number of carbonyl (C=O) groups is 2. The third-order valence-electron chi connectivity index (χ3n) is 3.69. The van der Waals surface area contributed by atoms with Gasteiger partial charge in [-0.1, -0.05) is 6.92 Å². The van der Waals surface area contributed by atoms with Crippen molar-refractivity contribution in [2.75, 3.05) is 30.8 Å². The second-order valence-corrected chi connectivity index (χ2v) is 6.55. The van der Waals surface area contributed by atoms with Crippen LogP contribution in [-0.2, 0) is 0 Å². The minimum Gasteiger partial charge on any atom is -0.397 e. The SMILES string of the molecule is CCC(=O)c1sc(N2CCC(C)(O)C2)c(C(=O)NC)c1N. The number of nitrogens with two attached hydrogens (primary N) is 1. The number of nitrogens with one attached hydrogen (secondary N) is 1. The van der Waals surface area contributed by atoms with Crippen molar-refractivity contribution in [2.24, 2.45) is 0 Å². The zero-order chi connectivity index (χ0) is 15.8. The molecule has 4 N–H and O–H groups in total. The summed E-state index contributed by atoms with van der Waals surface area (Å²) in [7, 11) is 1.53. The number of amides is 1. The van der Waals surface area contributed by atoms with Crippen LogP contribution in [0.5, 0.6) is 0 Å². The third-order valence-corrected chi connectivity index (χ3v) is 5.00. The number of Topliss-reactive ketones (excluding diaryl/α,β-unsaturated/α-hetero) is 1. The monoisotopic (exact) mass is 311 g/mol. The Balaban J connectivity index is 2.49. The maximum absolute atomic E-state index is 12.1. The van der Waals surface area contributed by atoms with Gasteiger partial charge in [-0.15, -0.1) is 11.3 Å². The highest BCUT2D eigenvalue weighted by molar-refractivity contribution is 7.19. The van der Waals surface area contributed by atoms with Crippen LogP contribution in [-0.4, -0.2) is 42.5 Å². The first-order valence-electron chi connectivity index (χ1n) is 6.95. The van der Waals surface area contributed by atoms with E-state index in [1.807, 2.05) is 4.90 Å². The van der Waals surface area contributed by atoms with E-state index in [1.165, 1.54) is 18.4 Å². The number of carbonyl (C=O) groups excluding carboxylic acids is 2. The normalized spacial score (nSPS) is 21.6. The Hall–Kier alpha value is -1.60. The van der Waals surface area contributed by atoms with Gasteiger partial charge in [-0.3, -0.25) is 9.59 Å². The average Bonchev–Trinajstić information content (AvgIpc) is 2.97. The van der Waals surface area contributed by atoms with Crippen LogP contribution in [0.2, 0.25) is 0 Å². The van der Waals surface area contributed by atoms with Gasteiger partial charge in [-0.25, -0.2) is 0 Å². The molecule has 1 aromatic heterocycles. The van der Waals surface area contributed by atoms with Crippen molar-refractivity contribution in [1.82, 2.24) is 5.32 Å². The molecule has 1 aliphatic heterocycles. The molecule has 1 saturated heterocycles. The van der Waals surface area contributed by atoms with Crippen molar-refractivity contribution >= 4 is 33.7 Å². The van der Waals surface area contributed by atoms with Crippen LogP contribution in [0.1, 0.15) is 46.7 Å². The lowest BCUT2D eigenvalue weighted by atomic mass is 10.1. The molecule has 7 heteroatoms. The molecule has 0 aliphatic carbocycles. The van der Waals surface area contributed by atoms with Crippen LogP contribution >= 0.6 is 11.3 Å². The number of nitrogens with zero attached hydrogens (tertiary/aromatic N) is 1. The number of anilines is 2. The predicted molar refractivity (Wildman–Crippen MR) is 84.2 cm³/mol. The van der Waals surface area contributed by atoms with Gasteiger partial charge in [0.1, 0.15) is 5.00 Å². The maximum Gasteiger partial charge on any atom is 0.256 e. The fourth-order valence-corrected chi connectivity index (χ4v) is 3.74. The van der Waals surface area contributed by atoms with Gasteiger partial charge in [0, 0.05) is 26.6 Å². The molecule has 0 aromatic carbocycles. The summed E-state index contributed by atoms with van der Waals surface area (Å²) in [6.45, 7) is 4.59. The van der Waals surface area contributed by atoms with Crippen LogP contribution in [0.15, 0.2) is 0 Å². The summed E-state index contributed by atoms with van der Waals surface area (Å²) in [5.41, 5.74) is 5.84. The quantitative estimate of drug-likeness (QED) is 0.727. The molecule has 1 aromatic rings. The lowest BCUT2D eigenvalue weighted by Crippen LogP contribution is -2.30. The lowest BCUT2D eigenvalue weighted by Gasteiger charge is -2.20. The van der Waals surface area contributed by atoms with E-state index in [-0.39, 0.29) is 17.4 Å². The Kier molecular flexibility index (Phi) is 4.25. The number of hydrogen-bond donors (Lipinski definition) is 3. The van der Waals surface area contributed by atoms with E-state index in [9.17, 15) is 14.7 Å². The summed E-state index contributed by atoms with van der Waals surface area (Å²) in [4.78, 5) is 26.5. The number of ketones is 1. The summed E-state index contributed by atoms with van der Waals surface area (Å²) in [5.74, 6) is -0.375. The molecule has 1 unspecified atom stereocenters. The van der Waals surface area contributed by atoms with Crippen molar-refractivity contribution in [3.8, 4) is 0 Å². The number of nitrogen functional groups attached to an aromatic ring is 1. The Morgan fingerprint density at radius 2 is 2.19 bits per heavy atom. The second-order valence-electron chi connectivity index (χ2n) is 5.55. The number of aliphatic hydroxyl groups is 1. The minimum absolute atomic E-state index is 0.0696. The summed E-state index contributed by atoms with van der Waals surface area (Å²) < 4.78 is 0. The van der Waals surface area contributed by atoms with E-state index in [4.69, 9.17) is 5.73 Å². The second kappa shape index (κ2) is 5.65. The summed E-state index contributed by atoms with van der Waals surface area (Å²) in [5, 5.41) is 13.3. The van der Waals surface area contributed by atoms with Crippen LogP contribution in [0.25, 0.3) is 0 Å². The first-order chi connectivity index (χ1) is 9.80. The molecule has 1 atom stereocenters. The summed E-state index contributed by atoms with van der Waals surface area (Å²) >= 11 is 1.24. The van der Waals surface area contributed by atoms with Gasteiger partial charge in [0.25, 0.3) is 5.91 Å². The molecule has 116 valence electrons. The van der Waals surface area contributed by atoms with Crippen molar-refractivity contribution < 1.29 is 14.7 Å². The Bertz CT molecular complexity index is 580. The van der Waals surface area contributed by atoms with Crippen LogP contribution < -0.4 is 16.0 Å². The van der Waals surface area contributed by atoms with Gasteiger partial charge in [-0.2, -0.15) is 0 Å². The molecule has 1 amide bonds. The maximum atomic E-state index is 12.1. The first kappa shape index (κ1) is 15.8. The van der Waals surface area contributed by atoms with Crippen molar-refractivity contribution in [3.05, 3.63) is 10.4 Å². The van der Waals surface area contributed by atoms with Crippen LogP contribution in [0, 0.1) is 0 Å². The highest BCUT2D eigenvalue weighted by Gasteiger charge is 2.36. The minimum atomic E-state index is -0.784. The van der Waals surface area contributed by atoms with E-state index >= 15 is 0 Å². The molecule has 21 heavy (non-hydrogen) atoms. The smallest absolute Gasteiger partial charge is 0.256 e. The molecule has 2 heterocycles. The molecular weight excluding hydrogens is 290 g/mol. The molecule has 0 spiro atoms. The van der Waals surface area contributed by atoms with E-state index in [0.717, 1.165) is 0 Å². The molecule has 0 bridgehead atoms. The predicted octanol–water partition coefficient (Wildman–Crippen LogP) is 1.24. The number of hydrogen-bond acceptors (Lipinski definition) is 6. The number of rotatable bonds is 4. The Morgan fingerprint density at radius 1 is 1.52 bits per heavy atom. The van der Waals surface area contributed by atoms with Crippen LogP contribution in [0.4, 0.5) is 10.7 Å². The van der Waals surface area contributed by atoms with Gasteiger partial charge in [-0.05, 0) is 13.3 Å². The standard InChI is InChI=1S/C14H21N3O3S/c1-4-8(18)11-10(15)9(12(19)16-3)13(21-11)17-6-5-14(2,20)7-17/h20H,4-7,15H2,1-3H3,(H,16,19). The van der Waals surface area contributed by atoms with Crippen molar-refractivity contribution in [1.29, 1.82) is 0 Å². The molecule has 2 rings (SSSR count). The Labute approximate surface area is 127 Å². The highest BCUT2D eigenvalue weighted by Crippen LogP contribution is 2.41. The van der Waals surface area contributed by atoms with E-state index < -0.39 is 5.60 Å². The molecule has 1 fully saturated rings. The van der Waals surface area contributed by atoms with Gasteiger partial charge < -0.3 is 21.1 Å². The lowest BCUT2D eigenvalue weighted by molar-refractivity contribution is 0.0838. The first-order valence-corrected chi connectivity index (χ1v) is 7.77. The van der Waals surface area contributed by atoms with Gasteiger partial charge in [0.05, 0.1) is 21.7 Å². The molecule has 1 aliphatic rings. The van der Waals surface area contributed by atoms with Gasteiger partial charge in [0.15, 0.2) is 5.78 Å². The van der Waals surface area contributed by atoms with E-state index in [0.29, 0.717) is 41.4 Å². The molecular formula is C14H21N3O3S. The summed E-state index contributed by atoms with van der Waals surface area (Å²) in [6, 6.07) is 0. The third kappa shape index (κ3) is 2.89. The molecule has 6 nitrogen and oxygen atoms in total. The zero-order valence-corrected chi connectivity index (χ0v) is 13.3.